The number of nitrogens with zero attached hydrogens (tertiary/aromatic N) is 2. The molecule has 0 atom stereocenters. The first-order chi connectivity index (χ1) is 29.6. The highest BCUT2D eigenvalue weighted by Crippen LogP contribution is 2.41. The number of thiophene rings is 2. The predicted molar refractivity (Wildman–Crippen MR) is 257 cm³/mol. The fourth-order valence-electron chi connectivity index (χ4n) is 8.59. The van der Waals surface area contributed by atoms with E-state index in [1.165, 1.54) is 57.8 Å². The maximum atomic E-state index is 5.14. The number of benzene rings is 7. The minimum atomic E-state index is 0.777. The van der Waals surface area contributed by atoms with E-state index < -0.39 is 0 Å². The molecule has 0 fully saturated rings. The zero-order valence-corrected chi connectivity index (χ0v) is 34.4. The van der Waals surface area contributed by atoms with E-state index in [1.54, 1.807) is 11.3 Å². The second-order valence-corrected chi connectivity index (χ2v) is 17.3. The molecule has 10 aromatic rings. The van der Waals surface area contributed by atoms with Crippen LogP contribution in [0, 0.1) is 0 Å². The quantitative estimate of drug-likeness (QED) is 0.164. The van der Waals surface area contributed by atoms with Crippen LogP contribution in [0.5, 0.6) is 0 Å². The number of aromatic nitrogens is 2. The van der Waals surface area contributed by atoms with Gasteiger partial charge in [0, 0.05) is 20.3 Å². The Kier molecular flexibility index (Phi) is 9.15. The summed E-state index contributed by atoms with van der Waals surface area (Å²) >= 11 is 3.62. The molecule has 2 nitrogen and oxygen atoms in total. The predicted octanol–water partition coefficient (Wildman–Crippen LogP) is 13.8. The van der Waals surface area contributed by atoms with Crippen LogP contribution in [0.1, 0.15) is 22.4 Å². The summed E-state index contributed by atoms with van der Waals surface area (Å²) in [5.41, 5.74) is 10.1. The van der Waals surface area contributed by atoms with Crippen LogP contribution in [-0.2, 0) is 0 Å². The van der Waals surface area contributed by atoms with Crippen molar-refractivity contribution in [3.63, 3.8) is 0 Å². The fourth-order valence-corrected chi connectivity index (χ4v) is 10.7. The summed E-state index contributed by atoms with van der Waals surface area (Å²) in [5.74, 6) is 0.959. The standard InChI is InChI=1S/C56H38N2S2/c1-37-34-43(51-30-31-52(59-51)53-32-33-54(60-53)56-57-49-24-11-12-25-50(49)58(56)45-19-3-2-4-20-45)18-13-23-46(42-28-26-38-14-5-7-16-40(38)35-42)47-21-9-10-22-48(47)55(37)44-29-27-39-15-6-8-17-41(39)36-44/h2-22,24-36H,1,23H2/b18-13-,43-34+,47-46+,55-48?. The van der Waals surface area contributed by atoms with E-state index in [1.807, 2.05) is 11.3 Å². The third kappa shape index (κ3) is 6.57. The third-order valence-electron chi connectivity index (χ3n) is 11.5. The summed E-state index contributed by atoms with van der Waals surface area (Å²) in [6.07, 6.45) is 7.70. The molecule has 0 N–H and O–H groups in total. The van der Waals surface area contributed by atoms with E-state index in [2.05, 4.69) is 211 Å². The number of rotatable bonds is 6. The average molecular weight is 803 g/mol. The van der Waals surface area contributed by atoms with Crippen molar-refractivity contribution in [3.8, 4) is 26.1 Å². The number of allylic oxidation sites excluding steroid dienone is 5. The molecule has 7 aromatic carbocycles. The molecule has 4 heteroatoms. The van der Waals surface area contributed by atoms with Crippen LogP contribution in [-0.4, -0.2) is 9.55 Å². The third-order valence-corrected chi connectivity index (χ3v) is 13.9. The summed E-state index contributed by atoms with van der Waals surface area (Å²) in [4.78, 5) is 9.93. The molecule has 0 spiro atoms. The number of fused-ring (bicyclic) bond motifs is 4. The van der Waals surface area contributed by atoms with Crippen molar-refractivity contribution in [2.24, 2.45) is 0 Å². The smallest absolute Gasteiger partial charge is 0.155 e. The average Bonchev–Trinajstić information content (AvgIpc) is 4.08. The summed E-state index contributed by atoms with van der Waals surface area (Å²) < 4.78 is 2.27. The molecular formula is C56H38N2S2. The van der Waals surface area contributed by atoms with Crippen LogP contribution in [0.3, 0.4) is 0 Å². The lowest BCUT2D eigenvalue weighted by Crippen LogP contribution is -2.30. The largest absolute Gasteiger partial charge is 0.292 e. The van der Waals surface area contributed by atoms with E-state index in [0.717, 1.165) is 56.1 Å². The van der Waals surface area contributed by atoms with Crippen LogP contribution in [0.15, 0.2) is 218 Å². The summed E-state index contributed by atoms with van der Waals surface area (Å²) in [6.45, 7) is 4.83. The number of para-hydroxylation sites is 3. The van der Waals surface area contributed by atoms with Gasteiger partial charge in [-0.1, -0.05) is 146 Å². The van der Waals surface area contributed by atoms with Crippen LogP contribution in [0.25, 0.3) is 75.4 Å². The first kappa shape index (κ1) is 36.0. The topological polar surface area (TPSA) is 17.8 Å². The molecule has 284 valence electrons. The Morgan fingerprint density at radius 3 is 1.85 bits per heavy atom. The molecule has 0 unspecified atom stereocenters. The zero-order valence-electron chi connectivity index (χ0n) is 32.8. The molecule has 0 aliphatic heterocycles. The van der Waals surface area contributed by atoms with Crippen molar-refractivity contribution in [2.45, 2.75) is 6.42 Å². The van der Waals surface area contributed by atoms with Crippen molar-refractivity contribution >= 4 is 72.0 Å². The maximum absolute atomic E-state index is 5.14. The SMILES string of the molecule is C=C1/C=C(c2ccc(-c3ccc(-c4nc5ccccc5n4-c4ccccc4)s3)s2)\C=C/C/C(c2ccc3ccccc3c2)=c2/ccccc2=C1c1ccc2ccccc2c1. The van der Waals surface area contributed by atoms with E-state index >= 15 is 0 Å². The van der Waals surface area contributed by atoms with E-state index in [0.29, 0.717) is 0 Å². The Balaban J connectivity index is 1.04. The van der Waals surface area contributed by atoms with Gasteiger partial charge in [0.2, 0.25) is 0 Å². The van der Waals surface area contributed by atoms with Crippen LogP contribution in [0.2, 0.25) is 0 Å². The van der Waals surface area contributed by atoms with Crippen molar-refractivity contribution in [1.29, 1.82) is 0 Å². The van der Waals surface area contributed by atoms with Gasteiger partial charge in [-0.25, -0.2) is 4.98 Å². The van der Waals surface area contributed by atoms with Crippen molar-refractivity contribution in [1.82, 2.24) is 9.55 Å². The Morgan fingerprint density at radius 1 is 0.500 bits per heavy atom. The molecule has 3 heterocycles. The van der Waals surface area contributed by atoms with Gasteiger partial charge in [0.1, 0.15) is 0 Å². The highest BCUT2D eigenvalue weighted by atomic mass is 32.1. The molecule has 1 aliphatic rings. The molecule has 0 saturated heterocycles. The van der Waals surface area contributed by atoms with Gasteiger partial charge in [-0.15, -0.1) is 22.7 Å². The minimum Gasteiger partial charge on any atom is -0.292 e. The molecule has 0 amide bonds. The Labute approximate surface area is 357 Å². The van der Waals surface area contributed by atoms with Gasteiger partial charge in [-0.05, 0) is 139 Å². The Morgan fingerprint density at radius 2 is 1.08 bits per heavy atom. The first-order valence-electron chi connectivity index (χ1n) is 20.3. The molecule has 11 rings (SSSR count). The van der Waals surface area contributed by atoms with Gasteiger partial charge in [0.05, 0.1) is 15.9 Å². The normalized spacial score (nSPS) is 15.6. The lowest BCUT2D eigenvalue weighted by molar-refractivity contribution is 1.11. The molecule has 60 heavy (non-hydrogen) atoms. The van der Waals surface area contributed by atoms with Gasteiger partial charge in [-0.2, -0.15) is 0 Å². The van der Waals surface area contributed by atoms with Gasteiger partial charge in [-0.3, -0.25) is 4.57 Å². The fraction of sp³-hybridized carbons (Fsp3) is 0.0179. The van der Waals surface area contributed by atoms with E-state index in [-0.39, 0.29) is 0 Å². The zero-order chi connectivity index (χ0) is 40.0. The molecule has 0 bridgehead atoms. The van der Waals surface area contributed by atoms with Gasteiger partial charge in [0.15, 0.2) is 5.82 Å². The van der Waals surface area contributed by atoms with Crippen molar-refractivity contribution in [3.05, 3.63) is 245 Å². The molecule has 1 aliphatic carbocycles. The second kappa shape index (κ2) is 15.2. The highest BCUT2D eigenvalue weighted by Gasteiger charge is 2.18. The number of hydrogen-bond donors (Lipinski definition) is 0. The van der Waals surface area contributed by atoms with E-state index in [4.69, 9.17) is 11.6 Å². The van der Waals surface area contributed by atoms with Gasteiger partial charge in [0.25, 0.3) is 0 Å². The number of hydrogen-bond acceptors (Lipinski definition) is 3. The summed E-state index contributed by atoms with van der Waals surface area (Å²) in [5, 5.41) is 7.34. The monoisotopic (exact) mass is 802 g/mol. The number of imidazole rings is 1. The first-order valence-corrected chi connectivity index (χ1v) is 21.9. The minimum absolute atomic E-state index is 0.777. The van der Waals surface area contributed by atoms with E-state index in [9.17, 15) is 0 Å². The maximum Gasteiger partial charge on any atom is 0.155 e. The molecule has 3 aromatic heterocycles. The summed E-state index contributed by atoms with van der Waals surface area (Å²) in [7, 11) is 0. The van der Waals surface area contributed by atoms with Crippen molar-refractivity contribution in [2.75, 3.05) is 0 Å². The van der Waals surface area contributed by atoms with Crippen LogP contribution >= 0.6 is 22.7 Å². The molecule has 0 radical (unpaired) electrons. The van der Waals surface area contributed by atoms with Gasteiger partial charge < -0.3 is 0 Å². The second-order valence-electron chi connectivity index (χ2n) is 15.2. The van der Waals surface area contributed by atoms with Crippen LogP contribution in [0.4, 0.5) is 0 Å². The molecule has 0 saturated carbocycles. The van der Waals surface area contributed by atoms with Crippen molar-refractivity contribution < 1.29 is 0 Å². The summed E-state index contributed by atoms with van der Waals surface area (Å²) in [6, 6.07) is 67.7. The Bertz CT molecular complexity index is 3480. The lowest BCUT2D eigenvalue weighted by atomic mass is 9.89. The van der Waals surface area contributed by atoms with Crippen LogP contribution < -0.4 is 10.4 Å². The molecular weight excluding hydrogens is 765 g/mol. The highest BCUT2D eigenvalue weighted by molar-refractivity contribution is 7.24. The van der Waals surface area contributed by atoms with Gasteiger partial charge >= 0.3 is 0 Å². The Hall–Kier alpha value is -7.11. The lowest BCUT2D eigenvalue weighted by Gasteiger charge is -2.15.